The van der Waals surface area contributed by atoms with Gasteiger partial charge >= 0.3 is 0 Å². The van der Waals surface area contributed by atoms with Crippen LogP contribution >= 0.6 is 0 Å². The maximum absolute atomic E-state index is 11.6. The van der Waals surface area contributed by atoms with Crippen molar-refractivity contribution in [1.29, 1.82) is 0 Å². The summed E-state index contributed by atoms with van der Waals surface area (Å²) in [4.78, 5) is 44.9. The number of hydrogen-bond acceptors (Lipinski definition) is 4. The third-order valence-corrected chi connectivity index (χ3v) is 3.96. The maximum Gasteiger partial charge on any atom is 0.244 e. The predicted octanol–water partition coefficient (Wildman–Crippen LogP) is 0.735. The van der Waals surface area contributed by atoms with Crippen molar-refractivity contribution in [2.24, 2.45) is 22.9 Å². The van der Waals surface area contributed by atoms with E-state index in [1.165, 1.54) is 0 Å². The standard InChI is InChI=1S/C20H26N4O4/c21-17(25)8-2-6-15(19(23)27)11-13-4-1-5-14(10-13)12-16(20(24)28)7-3-9-18(22)26/h1,4-5,10-12H,2-3,6-9H2,(H2,21,25)(H2,22,26)(H2,23,27)(H2,24,28). The summed E-state index contributed by atoms with van der Waals surface area (Å²) in [5.74, 6) is -2.03. The van der Waals surface area contributed by atoms with Crippen molar-refractivity contribution in [3.63, 3.8) is 0 Å². The minimum atomic E-state index is -0.574. The highest BCUT2D eigenvalue weighted by molar-refractivity contribution is 5.97. The lowest BCUT2D eigenvalue weighted by Crippen LogP contribution is -2.15. The Morgan fingerprint density at radius 2 is 1.07 bits per heavy atom. The maximum atomic E-state index is 11.6. The van der Waals surface area contributed by atoms with Crippen molar-refractivity contribution in [3.8, 4) is 0 Å². The zero-order valence-electron chi connectivity index (χ0n) is 15.6. The molecule has 0 spiro atoms. The third-order valence-electron chi connectivity index (χ3n) is 3.96. The second kappa shape index (κ2) is 11.3. The van der Waals surface area contributed by atoms with E-state index in [1.807, 2.05) is 0 Å². The van der Waals surface area contributed by atoms with Crippen molar-refractivity contribution in [2.75, 3.05) is 0 Å². The van der Waals surface area contributed by atoms with Gasteiger partial charge in [-0.1, -0.05) is 18.2 Å². The van der Waals surface area contributed by atoms with E-state index in [2.05, 4.69) is 0 Å². The van der Waals surface area contributed by atoms with Crippen LogP contribution in [0.2, 0.25) is 0 Å². The van der Waals surface area contributed by atoms with Crippen LogP contribution in [0.3, 0.4) is 0 Å². The summed E-state index contributed by atoms with van der Waals surface area (Å²) in [7, 11) is 0. The Hall–Kier alpha value is -3.42. The molecule has 0 bridgehead atoms. The number of benzene rings is 1. The van der Waals surface area contributed by atoms with Gasteiger partial charge in [-0.05, 0) is 55.0 Å². The van der Waals surface area contributed by atoms with Crippen molar-refractivity contribution >= 4 is 35.8 Å². The highest BCUT2D eigenvalue weighted by atomic mass is 16.2. The number of nitrogens with two attached hydrogens (primary N) is 4. The molecule has 8 heteroatoms. The Morgan fingerprint density at radius 3 is 1.39 bits per heavy atom. The molecule has 0 fully saturated rings. The van der Waals surface area contributed by atoms with Crippen LogP contribution in [0.4, 0.5) is 0 Å². The average Bonchev–Trinajstić information content (AvgIpc) is 2.59. The zero-order valence-corrected chi connectivity index (χ0v) is 15.6. The van der Waals surface area contributed by atoms with Crippen molar-refractivity contribution in [1.82, 2.24) is 0 Å². The van der Waals surface area contributed by atoms with Crippen molar-refractivity contribution < 1.29 is 19.2 Å². The fourth-order valence-corrected chi connectivity index (χ4v) is 2.58. The largest absolute Gasteiger partial charge is 0.370 e. The summed E-state index contributed by atoms with van der Waals surface area (Å²) in [5.41, 5.74) is 23.2. The quantitative estimate of drug-likeness (QED) is 0.388. The molecule has 8 N–H and O–H groups in total. The summed E-state index contributed by atoms with van der Waals surface area (Å²) in [6.45, 7) is 0. The molecule has 1 rings (SSSR count). The van der Waals surface area contributed by atoms with Gasteiger partial charge in [0.15, 0.2) is 0 Å². The van der Waals surface area contributed by atoms with E-state index in [9.17, 15) is 19.2 Å². The van der Waals surface area contributed by atoms with Crippen LogP contribution in [-0.2, 0) is 19.2 Å². The summed E-state index contributed by atoms with van der Waals surface area (Å²) in [6, 6.07) is 7.10. The molecule has 0 aliphatic heterocycles. The lowest BCUT2D eigenvalue weighted by Gasteiger charge is -2.06. The van der Waals surface area contributed by atoms with Crippen LogP contribution in [0.5, 0.6) is 0 Å². The first-order chi connectivity index (χ1) is 13.2. The third kappa shape index (κ3) is 8.79. The van der Waals surface area contributed by atoms with E-state index in [1.54, 1.807) is 36.4 Å². The van der Waals surface area contributed by atoms with Crippen molar-refractivity contribution in [2.45, 2.75) is 38.5 Å². The molecule has 0 heterocycles. The Bertz CT molecular complexity index is 749. The Morgan fingerprint density at radius 1 is 0.679 bits per heavy atom. The topological polar surface area (TPSA) is 172 Å². The van der Waals surface area contributed by atoms with Crippen LogP contribution in [0.25, 0.3) is 12.2 Å². The number of carbonyl (C=O) groups excluding carboxylic acids is 4. The monoisotopic (exact) mass is 386 g/mol. The first-order valence-corrected chi connectivity index (χ1v) is 8.86. The summed E-state index contributed by atoms with van der Waals surface area (Å²) < 4.78 is 0. The second-order valence-electron chi connectivity index (χ2n) is 6.38. The van der Waals surface area contributed by atoms with Gasteiger partial charge in [0.2, 0.25) is 23.6 Å². The Balaban J connectivity index is 3.00. The number of hydrogen-bond donors (Lipinski definition) is 4. The molecule has 1 aromatic carbocycles. The molecule has 0 aliphatic carbocycles. The van der Waals surface area contributed by atoms with E-state index < -0.39 is 23.6 Å². The fourth-order valence-electron chi connectivity index (χ4n) is 2.58. The van der Waals surface area contributed by atoms with Gasteiger partial charge in [0.25, 0.3) is 0 Å². The second-order valence-corrected chi connectivity index (χ2v) is 6.38. The molecule has 0 saturated heterocycles. The average molecular weight is 386 g/mol. The lowest BCUT2D eigenvalue weighted by atomic mass is 10.0. The van der Waals surface area contributed by atoms with E-state index >= 15 is 0 Å². The van der Waals surface area contributed by atoms with Crippen molar-refractivity contribution in [3.05, 3.63) is 46.5 Å². The van der Waals surface area contributed by atoms with E-state index in [0.29, 0.717) is 48.0 Å². The highest BCUT2D eigenvalue weighted by Gasteiger charge is 2.08. The van der Waals surface area contributed by atoms with Gasteiger partial charge in [0, 0.05) is 24.0 Å². The lowest BCUT2D eigenvalue weighted by molar-refractivity contribution is -0.119. The molecular weight excluding hydrogens is 360 g/mol. The highest BCUT2D eigenvalue weighted by Crippen LogP contribution is 2.17. The van der Waals surface area contributed by atoms with Crippen LogP contribution in [0.1, 0.15) is 49.7 Å². The van der Waals surface area contributed by atoms with E-state index in [0.717, 1.165) is 0 Å². The minimum absolute atomic E-state index is 0.167. The molecule has 1 aromatic rings. The molecule has 0 radical (unpaired) electrons. The van der Waals surface area contributed by atoms with Gasteiger partial charge in [-0.3, -0.25) is 19.2 Å². The molecule has 0 aromatic heterocycles. The van der Waals surface area contributed by atoms with Crippen LogP contribution < -0.4 is 22.9 Å². The summed E-state index contributed by atoms with van der Waals surface area (Å²) >= 11 is 0. The SMILES string of the molecule is NC(=O)CCCC(=Cc1cccc(C=C(CCCC(N)=O)C(N)=O)c1)C(N)=O. The van der Waals surface area contributed by atoms with Gasteiger partial charge in [-0.15, -0.1) is 0 Å². The van der Waals surface area contributed by atoms with Gasteiger partial charge < -0.3 is 22.9 Å². The first-order valence-electron chi connectivity index (χ1n) is 8.86. The molecule has 4 amide bonds. The van der Waals surface area contributed by atoms with Gasteiger partial charge in [-0.2, -0.15) is 0 Å². The number of rotatable bonds is 12. The molecule has 0 atom stereocenters. The first kappa shape index (κ1) is 22.6. The molecule has 28 heavy (non-hydrogen) atoms. The van der Waals surface area contributed by atoms with Gasteiger partial charge in [0.05, 0.1) is 0 Å². The molecule has 150 valence electrons. The van der Waals surface area contributed by atoms with Gasteiger partial charge in [0.1, 0.15) is 0 Å². The molecule has 0 saturated carbocycles. The minimum Gasteiger partial charge on any atom is -0.370 e. The van der Waals surface area contributed by atoms with Crippen LogP contribution in [0, 0.1) is 0 Å². The summed E-state index contributed by atoms with van der Waals surface area (Å²) in [6.07, 6.45) is 5.12. The molecule has 8 nitrogen and oxygen atoms in total. The fraction of sp³-hybridized carbons (Fsp3) is 0.300. The zero-order chi connectivity index (χ0) is 21.1. The van der Waals surface area contributed by atoms with Gasteiger partial charge in [-0.25, -0.2) is 0 Å². The Labute approximate surface area is 163 Å². The molecule has 0 aliphatic rings. The summed E-state index contributed by atoms with van der Waals surface area (Å²) in [5, 5.41) is 0. The predicted molar refractivity (Wildman–Crippen MR) is 107 cm³/mol. The van der Waals surface area contributed by atoms with E-state index in [4.69, 9.17) is 22.9 Å². The number of amides is 4. The Kier molecular flexibility index (Phi) is 9.15. The molecular formula is C20H26N4O4. The molecule has 0 unspecified atom stereocenters. The smallest absolute Gasteiger partial charge is 0.244 e. The normalized spacial score (nSPS) is 11.9. The number of primary amides is 4. The van der Waals surface area contributed by atoms with E-state index in [-0.39, 0.29) is 12.8 Å². The van der Waals surface area contributed by atoms with Crippen LogP contribution in [-0.4, -0.2) is 23.6 Å². The van der Waals surface area contributed by atoms with Crippen LogP contribution in [0.15, 0.2) is 35.4 Å². The number of carbonyl (C=O) groups is 4.